The first-order valence-corrected chi connectivity index (χ1v) is 7.13. The van der Waals surface area contributed by atoms with Crippen molar-refractivity contribution in [2.45, 2.75) is 32.4 Å². The summed E-state index contributed by atoms with van der Waals surface area (Å²) >= 11 is 0. The Bertz CT molecular complexity index is 608. The molecule has 1 amide bonds. The third-order valence-corrected chi connectivity index (χ3v) is 3.93. The average molecular weight is 268 g/mol. The fourth-order valence-corrected chi connectivity index (χ4v) is 2.45. The minimum absolute atomic E-state index is 0.147. The van der Waals surface area contributed by atoms with Gasteiger partial charge in [0.15, 0.2) is 0 Å². The lowest BCUT2D eigenvalue weighted by atomic mass is 10.1. The average Bonchev–Trinajstić information content (AvgIpc) is 3.20. The molecule has 3 heteroatoms. The maximum absolute atomic E-state index is 12.7. The van der Waals surface area contributed by atoms with Crippen molar-refractivity contribution in [3.05, 3.63) is 59.4 Å². The lowest BCUT2D eigenvalue weighted by molar-refractivity contribution is 0.0726. The lowest BCUT2D eigenvalue weighted by Gasteiger charge is -2.23. The van der Waals surface area contributed by atoms with E-state index in [4.69, 9.17) is 0 Å². The maximum atomic E-state index is 12.7. The first kappa shape index (κ1) is 13.0. The van der Waals surface area contributed by atoms with E-state index >= 15 is 0 Å². The molecule has 104 valence electrons. The Hall–Kier alpha value is -2.03. The van der Waals surface area contributed by atoms with Crippen LogP contribution in [0.15, 0.2) is 42.6 Å². The topological polar surface area (TPSA) is 25.2 Å². The van der Waals surface area contributed by atoms with E-state index in [9.17, 15) is 4.79 Å². The standard InChI is InChI=1S/C17H20N2O/c1-13-5-7-14(8-6-13)17(20)19(15-9-10-15)12-16-4-3-11-18(16)2/h3-8,11,15H,9-10,12H2,1-2H3. The zero-order valence-corrected chi connectivity index (χ0v) is 12.0. The summed E-state index contributed by atoms with van der Waals surface area (Å²) in [5, 5.41) is 0. The summed E-state index contributed by atoms with van der Waals surface area (Å²) in [6.07, 6.45) is 4.28. The normalized spacial score (nSPS) is 14.3. The molecule has 0 unspecified atom stereocenters. The predicted octanol–water partition coefficient (Wildman–Crippen LogP) is 3.14. The third-order valence-electron chi connectivity index (χ3n) is 3.93. The second-order valence-corrected chi connectivity index (χ2v) is 5.64. The van der Waals surface area contributed by atoms with E-state index < -0.39 is 0 Å². The van der Waals surface area contributed by atoms with Gasteiger partial charge in [-0.1, -0.05) is 17.7 Å². The van der Waals surface area contributed by atoms with Crippen LogP contribution in [-0.2, 0) is 13.6 Å². The van der Waals surface area contributed by atoms with Crippen LogP contribution in [0.25, 0.3) is 0 Å². The maximum Gasteiger partial charge on any atom is 0.254 e. The van der Waals surface area contributed by atoms with Crippen molar-refractivity contribution >= 4 is 5.91 Å². The zero-order valence-electron chi connectivity index (χ0n) is 12.0. The van der Waals surface area contributed by atoms with Gasteiger partial charge in [-0.25, -0.2) is 0 Å². The molecule has 0 bridgehead atoms. The summed E-state index contributed by atoms with van der Waals surface area (Å²) in [5.74, 6) is 0.147. The van der Waals surface area contributed by atoms with E-state index in [-0.39, 0.29) is 5.91 Å². The molecular weight excluding hydrogens is 248 g/mol. The molecule has 3 nitrogen and oxygen atoms in total. The second kappa shape index (κ2) is 5.16. The molecular formula is C17H20N2O. The highest BCUT2D eigenvalue weighted by atomic mass is 16.2. The number of hydrogen-bond donors (Lipinski definition) is 0. The molecule has 0 spiro atoms. The molecule has 1 aliphatic rings. The number of nitrogens with zero attached hydrogens (tertiary/aromatic N) is 2. The number of carbonyl (C=O) groups is 1. The largest absolute Gasteiger partial charge is 0.353 e. The fraction of sp³-hybridized carbons (Fsp3) is 0.353. The number of carbonyl (C=O) groups excluding carboxylic acids is 1. The van der Waals surface area contributed by atoms with Crippen molar-refractivity contribution in [3.8, 4) is 0 Å². The molecule has 20 heavy (non-hydrogen) atoms. The summed E-state index contributed by atoms with van der Waals surface area (Å²) in [7, 11) is 2.02. The van der Waals surface area contributed by atoms with Gasteiger partial charge in [0, 0.05) is 30.5 Å². The summed E-state index contributed by atoms with van der Waals surface area (Å²) < 4.78 is 2.08. The molecule has 1 heterocycles. The highest BCUT2D eigenvalue weighted by Crippen LogP contribution is 2.29. The Morgan fingerprint density at radius 1 is 1.25 bits per heavy atom. The van der Waals surface area contributed by atoms with Gasteiger partial charge in [-0.05, 0) is 44.0 Å². The molecule has 0 aliphatic heterocycles. The van der Waals surface area contributed by atoms with Gasteiger partial charge < -0.3 is 9.47 Å². The van der Waals surface area contributed by atoms with E-state index in [2.05, 4.69) is 10.6 Å². The Morgan fingerprint density at radius 2 is 1.95 bits per heavy atom. The Labute approximate surface area is 119 Å². The van der Waals surface area contributed by atoms with Gasteiger partial charge in [0.25, 0.3) is 5.91 Å². The van der Waals surface area contributed by atoms with Crippen molar-refractivity contribution in [1.82, 2.24) is 9.47 Å². The minimum Gasteiger partial charge on any atom is -0.353 e. The van der Waals surface area contributed by atoms with Gasteiger partial charge in [0.1, 0.15) is 0 Å². The Kier molecular flexibility index (Phi) is 3.35. The van der Waals surface area contributed by atoms with Gasteiger partial charge in [-0.15, -0.1) is 0 Å². The fourth-order valence-electron chi connectivity index (χ4n) is 2.45. The molecule has 1 aliphatic carbocycles. The van der Waals surface area contributed by atoms with E-state index in [0.29, 0.717) is 12.6 Å². The van der Waals surface area contributed by atoms with E-state index in [1.165, 1.54) is 11.3 Å². The smallest absolute Gasteiger partial charge is 0.254 e. The molecule has 1 fully saturated rings. The van der Waals surface area contributed by atoms with Crippen molar-refractivity contribution in [1.29, 1.82) is 0 Å². The molecule has 1 saturated carbocycles. The Balaban J connectivity index is 1.82. The Morgan fingerprint density at radius 3 is 2.50 bits per heavy atom. The first-order chi connectivity index (χ1) is 9.65. The van der Waals surface area contributed by atoms with Crippen molar-refractivity contribution in [2.24, 2.45) is 7.05 Å². The van der Waals surface area contributed by atoms with Gasteiger partial charge in [-0.3, -0.25) is 4.79 Å². The monoisotopic (exact) mass is 268 g/mol. The highest BCUT2D eigenvalue weighted by Gasteiger charge is 2.33. The summed E-state index contributed by atoms with van der Waals surface area (Å²) in [6.45, 7) is 2.73. The molecule has 2 aromatic rings. The molecule has 0 saturated heterocycles. The predicted molar refractivity (Wildman–Crippen MR) is 79.5 cm³/mol. The molecule has 1 aromatic carbocycles. The van der Waals surface area contributed by atoms with Crippen LogP contribution in [-0.4, -0.2) is 21.4 Å². The molecule has 3 rings (SSSR count). The molecule has 0 atom stereocenters. The summed E-state index contributed by atoms with van der Waals surface area (Å²) in [6, 6.07) is 12.4. The van der Waals surface area contributed by atoms with Crippen molar-refractivity contribution in [2.75, 3.05) is 0 Å². The van der Waals surface area contributed by atoms with Gasteiger partial charge >= 0.3 is 0 Å². The van der Waals surface area contributed by atoms with Crippen LogP contribution in [0.1, 0.15) is 34.5 Å². The van der Waals surface area contributed by atoms with Crippen LogP contribution < -0.4 is 0 Å². The number of aryl methyl sites for hydroxylation is 2. The van der Waals surface area contributed by atoms with E-state index in [0.717, 1.165) is 18.4 Å². The van der Waals surface area contributed by atoms with Crippen LogP contribution in [0.5, 0.6) is 0 Å². The van der Waals surface area contributed by atoms with Crippen LogP contribution >= 0.6 is 0 Å². The highest BCUT2D eigenvalue weighted by molar-refractivity contribution is 5.94. The van der Waals surface area contributed by atoms with Crippen molar-refractivity contribution in [3.63, 3.8) is 0 Å². The van der Waals surface area contributed by atoms with Crippen LogP contribution in [0.2, 0.25) is 0 Å². The zero-order chi connectivity index (χ0) is 14.1. The minimum atomic E-state index is 0.147. The number of benzene rings is 1. The summed E-state index contributed by atoms with van der Waals surface area (Å²) in [5.41, 5.74) is 3.15. The number of aromatic nitrogens is 1. The van der Waals surface area contributed by atoms with Crippen LogP contribution in [0.4, 0.5) is 0 Å². The number of amides is 1. The second-order valence-electron chi connectivity index (χ2n) is 5.64. The summed E-state index contributed by atoms with van der Waals surface area (Å²) in [4.78, 5) is 14.7. The van der Waals surface area contributed by atoms with E-state index in [1.807, 2.05) is 55.4 Å². The van der Waals surface area contributed by atoms with Gasteiger partial charge in [0.2, 0.25) is 0 Å². The SMILES string of the molecule is Cc1ccc(C(=O)N(Cc2cccn2C)C2CC2)cc1. The molecule has 1 aromatic heterocycles. The van der Waals surface area contributed by atoms with Crippen LogP contribution in [0, 0.1) is 6.92 Å². The lowest BCUT2D eigenvalue weighted by Crippen LogP contribution is -2.33. The quantitative estimate of drug-likeness (QED) is 0.836. The molecule has 0 radical (unpaired) electrons. The van der Waals surface area contributed by atoms with Crippen LogP contribution in [0.3, 0.4) is 0 Å². The number of rotatable bonds is 4. The van der Waals surface area contributed by atoms with E-state index in [1.54, 1.807) is 0 Å². The molecule has 0 N–H and O–H groups in total. The van der Waals surface area contributed by atoms with Crippen molar-refractivity contribution < 1.29 is 4.79 Å². The van der Waals surface area contributed by atoms with Gasteiger partial charge in [0.05, 0.1) is 6.54 Å². The third kappa shape index (κ3) is 2.62. The first-order valence-electron chi connectivity index (χ1n) is 7.13. The number of hydrogen-bond acceptors (Lipinski definition) is 1. The van der Waals surface area contributed by atoms with Gasteiger partial charge in [-0.2, -0.15) is 0 Å².